The smallest absolute Gasteiger partial charge is 0.0881 e. The van der Waals surface area contributed by atoms with Crippen molar-refractivity contribution < 1.29 is 0 Å². The van der Waals surface area contributed by atoms with Gasteiger partial charge >= 0.3 is 0 Å². The highest BCUT2D eigenvalue weighted by molar-refractivity contribution is 5.47. The third-order valence-electron chi connectivity index (χ3n) is 3.75. The Morgan fingerprint density at radius 2 is 2.12 bits per heavy atom. The summed E-state index contributed by atoms with van der Waals surface area (Å²) >= 11 is 0. The van der Waals surface area contributed by atoms with Gasteiger partial charge in [-0.1, -0.05) is 39.5 Å². The van der Waals surface area contributed by atoms with E-state index in [1.165, 1.54) is 43.5 Å². The molecule has 1 N–H and O–H groups in total. The molecule has 0 aliphatic heterocycles. The minimum atomic E-state index is 0.491. The predicted octanol–water partition coefficient (Wildman–Crippen LogP) is 3.54. The fraction of sp³-hybridized carbons (Fsp3) is 0.786. The summed E-state index contributed by atoms with van der Waals surface area (Å²) in [7, 11) is 1.99. The van der Waals surface area contributed by atoms with Crippen molar-refractivity contribution >= 4 is 5.69 Å². The van der Waals surface area contributed by atoms with Gasteiger partial charge in [0.15, 0.2) is 0 Å². The van der Waals surface area contributed by atoms with Crippen LogP contribution in [0, 0.1) is 5.92 Å². The summed E-state index contributed by atoms with van der Waals surface area (Å²) < 4.78 is 1.91. The molecule has 3 nitrogen and oxygen atoms in total. The van der Waals surface area contributed by atoms with E-state index in [-0.39, 0.29) is 0 Å². The molecule has 0 atom stereocenters. The molecule has 1 heterocycles. The van der Waals surface area contributed by atoms with Crippen LogP contribution < -0.4 is 5.32 Å². The van der Waals surface area contributed by atoms with Crippen molar-refractivity contribution in [3.8, 4) is 0 Å². The molecule has 3 heteroatoms. The number of aromatic nitrogens is 2. The van der Waals surface area contributed by atoms with Crippen LogP contribution in [0.1, 0.15) is 57.6 Å². The molecule has 96 valence electrons. The van der Waals surface area contributed by atoms with E-state index >= 15 is 0 Å². The number of rotatable bonds is 5. The zero-order valence-electron chi connectivity index (χ0n) is 11.4. The predicted molar refractivity (Wildman–Crippen MR) is 72.4 cm³/mol. The van der Waals surface area contributed by atoms with Gasteiger partial charge in [0.25, 0.3) is 0 Å². The van der Waals surface area contributed by atoms with Gasteiger partial charge in [-0.3, -0.25) is 4.68 Å². The molecule has 0 spiro atoms. The van der Waals surface area contributed by atoms with Crippen molar-refractivity contribution in [1.29, 1.82) is 0 Å². The Balaban J connectivity index is 1.85. The zero-order valence-corrected chi connectivity index (χ0v) is 11.4. The number of hydrogen-bond donors (Lipinski definition) is 1. The van der Waals surface area contributed by atoms with Gasteiger partial charge in [0, 0.05) is 19.8 Å². The third-order valence-corrected chi connectivity index (χ3v) is 3.75. The standard InChI is InChI=1S/C14H25N3/c1-11(2)14-13(10-17(3)16-14)15-9-8-12-6-4-5-7-12/h10-12,15H,4-9H2,1-3H3. The lowest BCUT2D eigenvalue weighted by Gasteiger charge is -2.11. The highest BCUT2D eigenvalue weighted by Crippen LogP contribution is 2.28. The Hall–Kier alpha value is -0.990. The Labute approximate surface area is 105 Å². The van der Waals surface area contributed by atoms with Crippen LogP contribution in [0.4, 0.5) is 5.69 Å². The van der Waals surface area contributed by atoms with Crippen molar-refractivity contribution in [1.82, 2.24) is 9.78 Å². The van der Waals surface area contributed by atoms with E-state index in [1.54, 1.807) is 0 Å². The average Bonchev–Trinajstić information content (AvgIpc) is 2.88. The summed E-state index contributed by atoms with van der Waals surface area (Å²) in [5.74, 6) is 1.45. The normalized spacial score (nSPS) is 16.9. The molecule has 1 saturated carbocycles. The van der Waals surface area contributed by atoms with Crippen LogP contribution in [0.5, 0.6) is 0 Å². The minimum absolute atomic E-state index is 0.491. The van der Waals surface area contributed by atoms with Gasteiger partial charge in [-0.2, -0.15) is 5.10 Å². The summed E-state index contributed by atoms with van der Waals surface area (Å²) in [6.45, 7) is 5.49. The van der Waals surface area contributed by atoms with Crippen LogP contribution in [0.2, 0.25) is 0 Å². The van der Waals surface area contributed by atoms with Crippen LogP contribution in [-0.4, -0.2) is 16.3 Å². The Bertz CT molecular complexity index is 348. The monoisotopic (exact) mass is 235 g/mol. The summed E-state index contributed by atoms with van der Waals surface area (Å²) in [4.78, 5) is 0. The van der Waals surface area contributed by atoms with Gasteiger partial charge in [-0.25, -0.2) is 0 Å². The Kier molecular flexibility index (Phi) is 4.08. The fourth-order valence-electron chi connectivity index (χ4n) is 2.78. The highest BCUT2D eigenvalue weighted by atomic mass is 15.3. The number of nitrogens with one attached hydrogen (secondary N) is 1. The molecular formula is C14H25N3. The maximum atomic E-state index is 4.51. The molecule has 1 aliphatic rings. The number of anilines is 1. The highest BCUT2D eigenvalue weighted by Gasteiger charge is 2.15. The summed E-state index contributed by atoms with van der Waals surface area (Å²) in [6.07, 6.45) is 9.16. The van der Waals surface area contributed by atoms with Crippen LogP contribution in [0.25, 0.3) is 0 Å². The van der Waals surface area contributed by atoms with Crippen LogP contribution in [-0.2, 0) is 7.05 Å². The first-order valence-electron chi connectivity index (χ1n) is 6.94. The quantitative estimate of drug-likeness (QED) is 0.846. The second kappa shape index (κ2) is 5.56. The molecule has 0 aromatic carbocycles. The first-order valence-corrected chi connectivity index (χ1v) is 6.94. The van der Waals surface area contributed by atoms with Gasteiger partial charge in [-0.05, 0) is 18.3 Å². The molecule has 1 aliphatic carbocycles. The summed E-state index contributed by atoms with van der Waals surface area (Å²) in [5, 5.41) is 8.07. The molecule has 17 heavy (non-hydrogen) atoms. The molecule has 2 rings (SSSR count). The molecule has 0 saturated heterocycles. The van der Waals surface area contributed by atoms with Gasteiger partial charge < -0.3 is 5.32 Å². The van der Waals surface area contributed by atoms with E-state index < -0.39 is 0 Å². The van der Waals surface area contributed by atoms with E-state index in [4.69, 9.17) is 0 Å². The van der Waals surface area contributed by atoms with Gasteiger partial charge in [-0.15, -0.1) is 0 Å². The van der Waals surface area contributed by atoms with Crippen molar-refractivity contribution in [2.75, 3.05) is 11.9 Å². The van der Waals surface area contributed by atoms with E-state index in [1.807, 2.05) is 11.7 Å². The maximum Gasteiger partial charge on any atom is 0.0881 e. The largest absolute Gasteiger partial charge is 0.382 e. The fourth-order valence-corrected chi connectivity index (χ4v) is 2.78. The second-order valence-corrected chi connectivity index (χ2v) is 5.62. The van der Waals surface area contributed by atoms with Crippen molar-refractivity contribution in [2.24, 2.45) is 13.0 Å². The van der Waals surface area contributed by atoms with E-state index in [2.05, 4.69) is 30.5 Å². The van der Waals surface area contributed by atoms with Crippen molar-refractivity contribution in [2.45, 2.75) is 51.9 Å². The Morgan fingerprint density at radius 3 is 2.76 bits per heavy atom. The topological polar surface area (TPSA) is 29.9 Å². The lowest BCUT2D eigenvalue weighted by Crippen LogP contribution is -2.07. The molecule has 0 bridgehead atoms. The first kappa shape index (κ1) is 12.5. The van der Waals surface area contributed by atoms with E-state index in [0.29, 0.717) is 5.92 Å². The Morgan fingerprint density at radius 1 is 1.41 bits per heavy atom. The zero-order chi connectivity index (χ0) is 12.3. The number of aryl methyl sites for hydroxylation is 1. The average molecular weight is 235 g/mol. The van der Waals surface area contributed by atoms with Crippen molar-refractivity contribution in [3.05, 3.63) is 11.9 Å². The molecule has 0 radical (unpaired) electrons. The van der Waals surface area contributed by atoms with E-state index in [0.717, 1.165) is 12.5 Å². The second-order valence-electron chi connectivity index (χ2n) is 5.62. The molecule has 0 amide bonds. The van der Waals surface area contributed by atoms with Crippen LogP contribution in [0.15, 0.2) is 6.20 Å². The summed E-state index contributed by atoms with van der Waals surface area (Å²) in [5.41, 5.74) is 2.42. The van der Waals surface area contributed by atoms with Crippen molar-refractivity contribution in [3.63, 3.8) is 0 Å². The minimum Gasteiger partial charge on any atom is -0.382 e. The number of hydrogen-bond acceptors (Lipinski definition) is 2. The lowest BCUT2D eigenvalue weighted by atomic mass is 10.0. The molecule has 0 unspecified atom stereocenters. The molecule has 1 aromatic rings. The van der Waals surface area contributed by atoms with Crippen LogP contribution in [0.3, 0.4) is 0 Å². The van der Waals surface area contributed by atoms with Gasteiger partial charge in [0.05, 0.1) is 11.4 Å². The van der Waals surface area contributed by atoms with Gasteiger partial charge in [0.2, 0.25) is 0 Å². The lowest BCUT2D eigenvalue weighted by molar-refractivity contribution is 0.518. The van der Waals surface area contributed by atoms with Crippen LogP contribution >= 0.6 is 0 Å². The van der Waals surface area contributed by atoms with E-state index in [9.17, 15) is 0 Å². The molecule has 1 fully saturated rings. The first-order chi connectivity index (χ1) is 8.16. The third kappa shape index (κ3) is 3.24. The number of nitrogens with zero attached hydrogens (tertiary/aromatic N) is 2. The maximum absolute atomic E-state index is 4.51. The molecular weight excluding hydrogens is 210 g/mol. The summed E-state index contributed by atoms with van der Waals surface area (Å²) in [6, 6.07) is 0. The SMILES string of the molecule is CC(C)c1nn(C)cc1NCCC1CCCC1. The van der Waals surface area contributed by atoms with Gasteiger partial charge in [0.1, 0.15) is 0 Å². The molecule has 1 aromatic heterocycles.